The van der Waals surface area contributed by atoms with Crippen molar-refractivity contribution in [2.75, 3.05) is 5.73 Å². The van der Waals surface area contributed by atoms with Crippen molar-refractivity contribution in [1.29, 1.82) is 0 Å². The van der Waals surface area contributed by atoms with E-state index in [0.717, 1.165) is 11.1 Å². The number of nitrogen functional groups attached to an aromatic ring is 1. The van der Waals surface area contributed by atoms with Gasteiger partial charge < -0.3 is 5.73 Å². The van der Waals surface area contributed by atoms with Gasteiger partial charge in [0.2, 0.25) is 0 Å². The zero-order chi connectivity index (χ0) is 17.9. The number of nitrogens with zero attached hydrogens (tertiary/aromatic N) is 2. The molecular weight excluding hydrogens is 334 g/mol. The number of rotatable bonds is 4. The van der Waals surface area contributed by atoms with Crippen molar-refractivity contribution in [3.8, 4) is 11.1 Å². The molecule has 3 rings (SSSR count). The van der Waals surface area contributed by atoms with Crippen molar-refractivity contribution in [3.63, 3.8) is 0 Å². The smallest absolute Gasteiger partial charge is 0.187 e. The SMILES string of the molecule is [C-]#[N+]c1ccc(-c2ccc(S(=O)(=O)Cc3cccc(N)n3)cc2)cc1. The fraction of sp³-hybridized carbons (Fsp3) is 0.0526. The van der Waals surface area contributed by atoms with Gasteiger partial charge in [-0.1, -0.05) is 42.5 Å². The molecule has 2 N–H and O–H groups in total. The van der Waals surface area contributed by atoms with Crippen molar-refractivity contribution in [2.24, 2.45) is 0 Å². The minimum absolute atomic E-state index is 0.197. The second kappa shape index (κ2) is 6.75. The molecule has 0 fully saturated rings. The lowest BCUT2D eigenvalue weighted by Gasteiger charge is -2.07. The predicted molar refractivity (Wildman–Crippen MR) is 97.7 cm³/mol. The van der Waals surface area contributed by atoms with E-state index in [0.29, 0.717) is 17.2 Å². The van der Waals surface area contributed by atoms with E-state index in [1.54, 1.807) is 54.6 Å². The summed E-state index contributed by atoms with van der Waals surface area (Å²) in [5.41, 5.74) is 8.39. The molecule has 0 spiro atoms. The van der Waals surface area contributed by atoms with E-state index in [-0.39, 0.29) is 10.6 Å². The number of sulfone groups is 1. The Morgan fingerprint density at radius 2 is 1.52 bits per heavy atom. The maximum atomic E-state index is 12.5. The Hall–Kier alpha value is -3.17. The molecule has 0 atom stereocenters. The monoisotopic (exact) mass is 349 g/mol. The molecule has 0 amide bonds. The molecule has 0 radical (unpaired) electrons. The van der Waals surface area contributed by atoms with Gasteiger partial charge in [0.15, 0.2) is 15.5 Å². The second-order valence-electron chi connectivity index (χ2n) is 5.50. The minimum Gasteiger partial charge on any atom is -0.384 e. The third kappa shape index (κ3) is 3.84. The van der Waals surface area contributed by atoms with Crippen LogP contribution in [-0.2, 0) is 15.6 Å². The van der Waals surface area contributed by atoms with E-state index < -0.39 is 9.84 Å². The zero-order valence-electron chi connectivity index (χ0n) is 13.3. The first kappa shape index (κ1) is 16.7. The maximum absolute atomic E-state index is 12.5. The van der Waals surface area contributed by atoms with Crippen LogP contribution in [0.2, 0.25) is 0 Å². The van der Waals surface area contributed by atoms with Gasteiger partial charge in [0.1, 0.15) is 5.82 Å². The first-order valence-electron chi connectivity index (χ1n) is 7.50. The van der Waals surface area contributed by atoms with Crippen LogP contribution in [0, 0.1) is 6.57 Å². The van der Waals surface area contributed by atoms with Crippen LogP contribution in [0.1, 0.15) is 5.69 Å². The van der Waals surface area contributed by atoms with Gasteiger partial charge in [-0.25, -0.2) is 18.2 Å². The van der Waals surface area contributed by atoms with Gasteiger partial charge in [0.05, 0.1) is 22.9 Å². The average molecular weight is 349 g/mol. The fourth-order valence-electron chi connectivity index (χ4n) is 2.44. The van der Waals surface area contributed by atoms with Crippen LogP contribution in [0.3, 0.4) is 0 Å². The number of anilines is 1. The summed E-state index contributed by atoms with van der Waals surface area (Å²) in [4.78, 5) is 7.63. The molecule has 0 saturated heterocycles. The van der Waals surface area contributed by atoms with Crippen molar-refractivity contribution in [2.45, 2.75) is 10.6 Å². The number of nitrogens with two attached hydrogens (primary N) is 1. The van der Waals surface area contributed by atoms with Crippen LogP contribution >= 0.6 is 0 Å². The predicted octanol–water partition coefficient (Wildman–Crippen LogP) is 3.86. The topological polar surface area (TPSA) is 77.4 Å². The molecule has 0 aliphatic heterocycles. The molecule has 5 nitrogen and oxygen atoms in total. The number of pyridine rings is 1. The Morgan fingerprint density at radius 3 is 2.08 bits per heavy atom. The van der Waals surface area contributed by atoms with Gasteiger partial charge in [-0.05, 0) is 35.4 Å². The maximum Gasteiger partial charge on any atom is 0.187 e. The van der Waals surface area contributed by atoms with E-state index in [9.17, 15) is 8.42 Å². The first-order chi connectivity index (χ1) is 12.0. The van der Waals surface area contributed by atoms with Crippen LogP contribution in [-0.4, -0.2) is 13.4 Å². The largest absolute Gasteiger partial charge is 0.384 e. The highest BCUT2D eigenvalue weighted by Gasteiger charge is 2.16. The molecule has 3 aromatic rings. The Morgan fingerprint density at radius 1 is 0.920 bits per heavy atom. The van der Waals surface area contributed by atoms with E-state index in [1.165, 1.54) is 0 Å². The highest BCUT2D eigenvalue weighted by Crippen LogP contribution is 2.25. The van der Waals surface area contributed by atoms with Gasteiger partial charge in [0.25, 0.3) is 0 Å². The summed E-state index contributed by atoms with van der Waals surface area (Å²) in [5.74, 6) is 0.0998. The normalized spacial score (nSPS) is 11.0. The molecule has 0 bridgehead atoms. The lowest BCUT2D eigenvalue weighted by molar-refractivity contribution is 0.594. The summed E-state index contributed by atoms with van der Waals surface area (Å²) < 4.78 is 25.1. The molecule has 0 unspecified atom stereocenters. The summed E-state index contributed by atoms with van der Waals surface area (Å²) >= 11 is 0. The molecule has 0 aliphatic rings. The minimum atomic E-state index is -3.50. The van der Waals surface area contributed by atoms with Crippen molar-refractivity contribution in [3.05, 3.63) is 83.8 Å². The molecule has 1 heterocycles. The van der Waals surface area contributed by atoms with Crippen LogP contribution < -0.4 is 5.73 Å². The molecule has 25 heavy (non-hydrogen) atoms. The van der Waals surface area contributed by atoms with Gasteiger partial charge in [-0.2, -0.15) is 0 Å². The summed E-state index contributed by atoms with van der Waals surface area (Å²) in [6.45, 7) is 6.97. The van der Waals surface area contributed by atoms with Crippen molar-refractivity contribution in [1.82, 2.24) is 4.98 Å². The van der Waals surface area contributed by atoms with Gasteiger partial charge >= 0.3 is 0 Å². The molecule has 0 aliphatic carbocycles. The van der Waals surface area contributed by atoms with E-state index in [2.05, 4.69) is 9.83 Å². The third-order valence-corrected chi connectivity index (χ3v) is 5.38. The highest BCUT2D eigenvalue weighted by atomic mass is 32.2. The molecule has 0 saturated carbocycles. The molecule has 6 heteroatoms. The Labute approximate surface area is 146 Å². The van der Waals surface area contributed by atoms with Gasteiger partial charge in [-0.15, -0.1) is 0 Å². The third-order valence-electron chi connectivity index (χ3n) is 3.71. The Bertz CT molecular complexity index is 1040. The summed E-state index contributed by atoms with van der Waals surface area (Å²) in [6, 6.07) is 18.8. The lowest BCUT2D eigenvalue weighted by atomic mass is 10.1. The summed E-state index contributed by atoms with van der Waals surface area (Å²) in [6.07, 6.45) is 0. The lowest BCUT2D eigenvalue weighted by Crippen LogP contribution is -2.07. The number of benzene rings is 2. The highest BCUT2D eigenvalue weighted by molar-refractivity contribution is 7.90. The first-order valence-corrected chi connectivity index (χ1v) is 9.15. The number of aromatic nitrogens is 1. The Balaban J connectivity index is 1.84. The molecule has 2 aromatic carbocycles. The van der Waals surface area contributed by atoms with Crippen LogP contribution in [0.15, 0.2) is 71.6 Å². The van der Waals surface area contributed by atoms with Crippen LogP contribution in [0.5, 0.6) is 0 Å². The van der Waals surface area contributed by atoms with Gasteiger partial charge in [-0.3, -0.25) is 0 Å². The van der Waals surface area contributed by atoms with Gasteiger partial charge in [0, 0.05) is 0 Å². The van der Waals surface area contributed by atoms with E-state index >= 15 is 0 Å². The summed E-state index contributed by atoms with van der Waals surface area (Å²) in [7, 11) is -3.50. The Kier molecular flexibility index (Phi) is 4.50. The summed E-state index contributed by atoms with van der Waals surface area (Å²) in [5, 5.41) is 0. The van der Waals surface area contributed by atoms with Crippen molar-refractivity contribution < 1.29 is 8.42 Å². The zero-order valence-corrected chi connectivity index (χ0v) is 14.1. The molecule has 124 valence electrons. The number of hydrogen-bond donors (Lipinski definition) is 1. The van der Waals surface area contributed by atoms with E-state index in [4.69, 9.17) is 12.3 Å². The average Bonchev–Trinajstić information content (AvgIpc) is 2.61. The van der Waals surface area contributed by atoms with Crippen LogP contribution in [0.25, 0.3) is 16.0 Å². The second-order valence-corrected chi connectivity index (χ2v) is 7.49. The van der Waals surface area contributed by atoms with Crippen LogP contribution in [0.4, 0.5) is 11.5 Å². The molecule has 1 aromatic heterocycles. The number of hydrogen-bond acceptors (Lipinski definition) is 4. The van der Waals surface area contributed by atoms with E-state index in [1.807, 2.05) is 12.1 Å². The van der Waals surface area contributed by atoms with Crippen molar-refractivity contribution >= 4 is 21.3 Å². The standard InChI is InChI=1S/C19H15N3O2S/c1-21-16-9-5-14(6-10-16)15-7-11-18(12-8-15)25(23,24)13-17-3-2-4-19(20)22-17/h2-12H,13H2,(H2,20,22). The fourth-order valence-corrected chi connectivity index (χ4v) is 3.71. The quantitative estimate of drug-likeness (QED) is 0.726. The molecular formula is C19H15N3O2S.